The molecule has 0 bridgehead atoms. The number of rotatable bonds is 7. The summed E-state index contributed by atoms with van der Waals surface area (Å²) in [6.45, 7) is 17.5. The van der Waals surface area contributed by atoms with Gasteiger partial charge in [-0.25, -0.2) is 0 Å². The molecule has 0 aromatic heterocycles. The maximum absolute atomic E-state index is 13.5. The van der Waals surface area contributed by atoms with E-state index in [2.05, 4.69) is 55.4 Å². The first-order valence-corrected chi connectivity index (χ1v) is 11.6. The topological polar surface area (TPSA) is 35.5 Å². The summed E-state index contributed by atoms with van der Waals surface area (Å²) in [6.07, 6.45) is 11.1. The molecule has 3 heteroatoms. The number of carbonyl (C=O) groups is 1. The summed E-state index contributed by atoms with van der Waals surface area (Å²) in [5, 5.41) is 0. The monoisotopic (exact) mass is 394 g/mol. The molecule has 2 rings (SSSR count). The van der Waals surface area contributed by atoms with Crippen molar-refractivity contribution in [3.63, 3.8) is 0 Å². The molecule has 2 aliphatic carbocycles. The van der Waals surface area contributed by atoms with Crippen LogP contribution in [0.4, 0.5) is 0 Å². The molecule has 0 aliphatic heterocycles. The molecule has 2 aliphatic rings. The van der Waals surface area contributed by atoms with E-state index < -0.39 is 11.7 Å². The van der Waals surface area contributed by atoms with Crippen LogP contribution in [-0.2, 0) is 14.3 Å². The van der Waals surface area contributed by atoms with Gasteiger partial charge in [-0.3, -0.25) is 4.79 Å². The van der Waals surface area contributed by atoms with Gasteiger partial charge in [-0.1, -0.05) is 74.1 Å². The van der Waals surface area contributed by atoms with E-state index in [0.717, 1.165) is 25.7 Å². The van der Waals surface area contributed by atoms with Gasteiger partial charge in [0.15, 0.2) is 0 Å². The number of hydrogen-bond donors (Lipinski definition) is 0. The Hall–Kier alpha value is -0.570. The zero-order valence-electron chi connectivity index (χ0n) is 20.0. The van der Waals surface area contributed by atoms with Gasteiger partial charge >= 0.3 is 5.97 Å². The zero-order chi connectivity index (χ0) is 21.2. The second-order valence-corrected chi connectivity index (χ2v) is 12.4. The Balaban J connectivity index is 2.17. The molecule has 0 aromatic rings. The summed E-state index contributed by atoms with van der Waals surface area (Å²) in [5.41, 5.74) is -0.419. The molecule has 164 valence electrons. The zero-order valence-corrected chi connectivity index (χ0v) is 20.0. The van der Waals surface area contributed by atoms with Crippen molar-refractivity contribution in [2.75, 3.05) is 0 Å². The van der Waals surface area contributed by atoms with Gasteiger partial charge in [0, 0.05) is 6.42 Å². The van der Waals surface area contributed by atoms with Crippen LogP contribution >= 0.6 is 0 Å². The van der Waals surface area contributed by atoms with E-state index in [-0.39, 0.29) is 28.3 Å². The fourth-order valence-corrected chi connectivity index (χ4v) is 5.15. The van der Waals surface area contributed by atoms with Gasteiger partial charge in [-0.2, -0.15) is 0 Å². The minimum absolute atomic E-state index is 0.0558. The highest BCUT2D eigenvalue weighted by atomic mass is 16.7. The standard InChI is InChI=1S/C25H46O3/c1-22(2,3)18-25(8,23(4,5)6)21(26)28-20(27-19-13-9-10-14-19)17-24(7)15-11-12-16-24/h19-20H,9-18H2,1-8H3. The molecule has 2 unspecified atom stereocenters. The highest BCUT2D eigenvalue weighted by molar-refractivity contribution is 5.77. The van der Waals surface area contributed by atoms with Crippen LogP contribution in [0.5, 0.6) is 0 Å². The SMILES string of the molecule is CC(C)(C)CC(C)(C(=O)OC(CC1(C)CCCC1)OC1CCCC1)C(C)(C)C. The highest BCUT2D eigenvalue weighted by Crippen LogP contribution is 2.48. The van der Waals surface area contributed by atoms with E-state index in [1.807, 2.05) is 0 Å². The van der Waals surface area contributed by atoms with Crippen molar-refractivity contribution in [3.05, 3.63) is 0 Å². The third-order valence-electron chi connectivity index (χ3n) is 7.34. The summed E-state index contributed by atoms with van der Waals surface area (Å²) in [7, 11) is 0. The van der Waals surface area contributed by atoms with Gasteiger partial charge in [0.1, 0.15) is 0 Å². The van der Waals surface area contributed by atoms with Gasteiger partial charge in [0.05, 0.1) is 11.5 Å². The lowest BCUT2D eigenvalue weighted by Gasteiger charge is -2.44. The van der Waals surface area contributed by atoms with Crippen LogP contribution in [-0.4, -0.2) is 18.4 Å². The molecule has 2 atom stereocenters. The first kappa shape index (κ1) is 23.7. The molecule has 0 radical (unpaired) electrons. The first-order chi connectivity index (χ1) is 12.7. The van der Waals surface area contributed by atoms with Crippen LogP contribution < -0.4 is 0 Å². The molecule has 0 aromatic carbocycles. The highest BCUT2D eigenvalue weighted by Gasteiger charge is 2.49. The summed E-state index contributed by atoms with van der Waals surface area (Å²) >= 11 is 0. The Morgan fingerprint density at radius 1 is 0.964 bits per heavy atom. The fraction of sp³-hybridized carbons (Fsp3) is 0.960. The third-order valence-corrected chi connectivity index (χ3v) is 7.34. The average molecular weight is 395 g/mol. The Labute approximate surface area is 174 Å². The van der Waals surface area contributed by atoms with Crippen LogP contribution in [0, 0.1) is 21.7 Å². The molecule has 28 heavy (non-hydrogen) atoms. The van der Waals surface area contributed by atoms with Gasteiger partial charge in [-0.05, 0) is 55.3 Å². The largest absolute Gasteiger partial charge is 0.435 e. The van der Waals surface area contributed by atoms with Crippen LogP contribution in [0.2, 0.25) is 0 Å². The maximum Gasteiger partial charge on any atom is 0.314 e. The summed E-state index contributed by atoms with van der Waals surface area (Å²) < 4.78 is 12.6. The molecule has 0 amide bonds. The van der Waals surface area contributed by atoms with E-state index in [1.54, 1.807) is 0 Å². The molecule has 0 spiro atoms. The third kappa shape index (κ3) is 6.21. The van der Waals surface area contributed by atoms with Gasteiger partial charge < -0.3 is 9.47 Å². The van der Waals surface area contributed by atoms with Crippen LogP contribution in [0.1, 0.15) is 120 Å². The van der Waals surface area contributed by atoms with Crippen LogP contribution in [0.15, 0.2) is 0 Å². The van der Waals surface area contributed by atoms with Crippen LogP contribution in [0.3, 0.4) is 0 Å². The second kappa shape index (κ2) is 8.66. The van der Waals surface area contributed by atoms with E-state index in [4.69, 9.17) is 9.47 Å². The number of hydrogen-bond acceptors (Lipinski definition) is 3. The lowest BCUT2D eigenvalue weighted by Crippen LogP contribution is -2.46. The molecule has 0 heterocycles. The second-order valence-electron chi connectivity index (χ2n) is 12.4. The summed E-state index contributed by atoms with van der Waals surface area (Å²) in [4.78, 5) is 13.5. The normalized spacial score (nSPS) is 24.1. The maximum atomic E-state index is 13.5. The Bertz CT molecular complexity index is 513. The minimum atomic E-state index is -0.543. The predicted octanol–water partition coefficient (Wildman–Crippen LogP) is 7.27. The minimum Gasteiger partial charge on any atom is -0.435 e. The molecule has 2 saturated carbocycles. The first-order valence-electron chi connectivity index (χ1n) is 11.6. The van der Waals surface area contributed by atoms with Crippen molar-refractivity contribution in [2.24, 2.45) is 21.7 Å². The average Bonchev–Trinajstić information content (AvgIpc) is 3.16. The van der Waals surface area contributed by atoms with Gasteiger partial charge in [0.2, 0.25) is 6.29 Å². The van der Waals surface area contributed by atoms with E-state index in [9.17, 15) is 4.79 Å². The number of carbonyl (C=O) groups excluding carboxylic acids is 1. The Morgan fingerprint density at radius 2 is 1.50 bits per heavy atom. The molecule has 2 fully saturated rings. The summed E-state index contributed by atoms with van der Waals surface area (Å²) in [5.74, 6) is -0.0838. The lowest BCUT2D eigenvalue weighted by atomic mass is 9.61. The van der Waals surface area contributed by atoms with Crippen molar-refractivity contribution in [3.8, 4) is 0 Å². The van der Waals surface area contributed by atoms with Crippen molar-refractivity contribution in [1.29, 1.82) is 0 Å². The van der Waals surface area contributed by atoms with E-state index >= 15 is 0 Å². The van der Waals surface area contributed by atoms with Gasteiger partial charge in [0.25, 0.3) is 0 Å². The van der Waals surface area contributed by atoms with Crippen molar-refractivity contribution < 1.29 is 14.3 Å². The number of esters is 1. The lowest BCUT2D eigenvalue weighted by molar-refractivity contribution is -0.212. The molecule has 0 saturated heterocycles. The van der Waals surface area contributed by atoms with Crippen molar-refractivity contribution in [2.45, 2.75) is 132 Å². The Kier molecular flexibility index (Phi) is 7.33. The van der Waals surface area contributed by atoms with E-state index in [0.29, 0.717) is 0 Å². The fourth-order valence-electron chi connectivity index (χ4n) is 5.15. The quantitative estimate of drug-likeness (QED) is 0.336. The molecular formula is C25H46O3. The van der Waals surface area contributed by atoms with Crippen molar-refractivity contribution in [1.82, 2.24) is 0 Å². The molecule has 3 nitrogen and oxygen atoms in total. The number of ether oxygens (including phenoxy) is 2. The smallest absolute Gasteiger partial charge is 0.314 e. The molecular weight excluding hydrogens is 348 g/mol. The van der Waals surface area contributed by atoms with E-state index in [1.165, 1.54) is 38.5 Å². The summed E-state index contributed by atoms with van der Waals surface area (Å²) in [6, 6.07) is 0. The molecule has 0 N–H and O–H groups in total. The Morgan fingerprint density at radius 3 is 1.96 bits per heavy atom. The van der Waals surface area contributed by atoms with Gasteiger partial charge in [-0.15, -0.1) is 0 Å². The predicted molar refractivity (Wildman–Crippen MR) is 116 cm³/mol. The van der Waals surface area contributed by atoms with Crippen molar-refractivity contribution >= 4 is 5.97 Å². The van der Waals surface area contributed by atoms with Crippen LogP contribution in [0.25, 0.3) is 0 Å².